The van der Waals surface area contributed by atoms with Crippen molar-refractivity contribution in [3.8, 4) is 5.75 Å². The predicted octanol–water partition coefficient (Wildman–Crippen LogP) is 5.94. The Kier molecular flexibility index (Phi) is 15.3. The smallest absolute Gasteiger partial charge is 0.405 e. The summed E-state index contributed by atoms with van der Waals surface area (Å²) in [7, 11) is 4.93. The van der Waals surface area contributed by atoms with Gasteiger partial charge in [-0.3, -0.25) is 4.79 Å². The fraction of sp³-hybridized carbons (Fsp3) is 0.586. The minimum atomic E-state index is -0.846. The summed E-state index contributed by atoms with van der Waals surface area (Å²) in [6.07, 6.45) is 7.59. The van der Waals surface area contributed by atoms with E-state index in [-0.39, 0.29) is 12.0 Å². The summed E-state index contributed by atoms with van der Waals surface area (Å²) >= 11 is 0. The van der Waals surface area contributed by atoms with E-state index in [0.717, 1.165) is 43.2 Å². The second-order valence-electron chi connectivity index (χ2n) is 8.90. The molecule has 2 rings (SSSR count). The molecule has 0 saturated carbocycles. The fourth-order valence-corrected chi connectivity index (χ4v) is 4.29. The van der Waals surface area contributed by atoms with Gasteiger partial charge in [-0.2, -0.15) is 0 Å². The van der Waals surface area contributed by atoms with Gasteiger partial charge in [-0.25, -0.2) is 4.79 Å². The summed E-state index contributed by atoms with van der Waals surface area (Å²) in [5, 5.41) is 2.97. The summed E-state index contributed by atoms with van der Waals surface area (Å²) < 4.78 is 22.2. The first-order valence-electron chi connectivity index (χ1n) is 13.1. The van der Waals surface area contributed by atoms with Crippen LogP contribution in [0, 0.1) is 0 Å². The van der Waals surface area contributed by atoms with E-state index in [1.165, 1.54) is 0 Å². The maximum atomic E-state index is 12.8. The SMILES string of the molecule is CC.COc1cc2cc(c1)NC(=O)/C(C)=C/CCC(OC)C(OC(N)=O)/C(C)=C/CCC(OC)CCC2. The van der Waals surface area contributed by atoms with Gasteiger partial charge in [-0.05, 0) is 82.1 Å². The third-order valence-corrected chi connectivity index (χ3v) is 6.33. The second-order valence-corrected chi connectivity index (χ2v) is 8.90. The van der Waals surface area contributed by atoms with Crippen LogP contribution in [0.5, 0.6) is 5.75 Å². The molecule has 2 bridgehead atoms. The molecule has 37 heavy (non-hydrogen) atoms. The average Bonchev–Trinajstić information content (AvgIpc) is 2.89. The molecule has 3 N–H and O–H groups in total. The van der Waals surface area contributed by atoms with Crippen LogP contribution in [0.15, 0.2) is 41.5 Å². The maximum absolute atomic E-state index is 12.8. The van der Waals surface area contributed by atoms with Gasteiger partial charge < -0.3 is 30.0 Å². The molecule has 1 aromatic carbocycles. The Morgan fingerprint density at radius 2 is 1.68 bits per heavy atom. The van der Waals surface area contributed by atoms with E-state index in [4.69, 9.17) is 24.7 Å². The van der Waals surface area contributed by atoms with Crippen molar-refractivity contribution in [2.75, 3.05) is 26.6 Å². The van der Waals surface area contributed by atoms with Crippen molar-refractivity contribution in [3.05, 3.63) is 47.1 Å². The lowest BCUT2D eigenvalue weighted by molar-refractivity contribution is -0.112. The highest BCUT2D eigenvalue weighted by molar-refractivity contribution is 6.03. The van der Waals surface area contributed by atoms with Crippen LogP contribution in [0.2, 0.25) is 0 Å². The monoisotopic (exact) mass is 518 g/mol. The summed E-state index contributed by atoms with van der Waals surface area (Å²) in [6.45, 7) is 7.69. The Morgan fingerprint density at radius 3 is 2.30 bits per heavy atom. The van der Waals surface area contributed by atoms with Crippen LogP contribution in [-0.4, -0.2) is 51.6 Å². The molecule has 0 radical (unpaired) electrons. The number of carbonyl (C=O) groups excluding carboxylic acids is 2. The Labute approximate surface area is 222 Å². The van der Waals surface area contributed by atoms with Gasteiger partial charge in [0.1, 0.15) is 5.75 Å². The molecular weight excluding hydrogens is 472 g/mol. The molecule has 1 aromatic rings. The van der Waals surface area contributed by atoms with Crippen molar-refractivity contribution in [1.82, 2.24) is 0 Å². The molecule has 8 heteroatoms. The number of nitrogens with one attached hydrogen (secondary N) is 1. The first kappa shape index (κ1) is 32.2. The van der Waals surface area contributed by atoms with E-state index in [1.807, 2.05) is 45.0 Å². The molecular formula is C29H46N2O6. The van der Waals surface area contributed by atoms with Crippen LogP contribution < -0.4 is 15.8 Å². The first-order valence-corrected chi connectivity index (χ1v) is 13.1. The molecule has 8 nitrogen and oxygen atoms in total. The summed E-state index contributed by atoms with van der Waals surface area (Å²) in [5.74, 6) is 0.522. The van der Waals surface area contributed by atoms with Crippen molar-refractivity contribution in [2.45, 2.75) is 91.0 Å². The van der Waals surface area contributed by atoms with Crippen molar-refractivity contribution in [2.24, 2.45) is 5.73 Å². The van der Waals surface area contributed by atoms with Gasteiger partial charge in [-0.1, -0.05) is 26.0 Å². The zero-order valence-corrected chi connectivity index (χ0v) is 23.6. The standard InChI is InChI=1S/C27H40N2O6.C2H6/c1-18-9-6-12-22(32-3)13-8-11-20-15-21(17-23(16-20)33-4)29-26(30)19(2)10-7-14-24(34-5)25(18)35-27(28)31;1-2/h9-10,15-17,22,24-25H,6-8,11-14H2,1-5H3,(H2,28,31)(H,29,30);1-2H3/b18-9+,19-10+;. The minimum Gasteiger partial charge on any atom is -0.497 e. The van der Waals surface area contributed by atoms with E-state index in [2.05, 4.69) is 11.4 Å². The predicted molar refractivity (Wildman–Crippen MR) is 148 cm³/mol. The number of anilines is 1. The van der Waals surface area contributed by atoms with Crippen LogP contribution in [0.25, 0.3) is 0 Å². The van der Waals surface area contributed by atoms with Gasteiger partial charge >= 0.3 is 6.09 Å². The zero-order valence-electron chi connectivity index (χ0n) is 23.6. The lowest BCUT2D eigenvalue weighted by Gasteiger charge is -2.26. The molecule has 1 aliphatic rings. The third kappa shape index (κ3) is 11.4. The Morgan fingerprint density at radius 1 is 0.973 bits per heavy atom. The number of allylic oxidation sites excluding steroid dienone is 2. The maximum Gasteiger partial charge on any atom is 0.405 e. The van der Waals surface area contributed by atoms with Gasteiger partial charge in [0.15, 0.2) is 6.10 Å². The van der Waals surface area contributed by atoms with E-state index in [0.29, 0.717) is 29.9 Å². The Bertz CT molecular complexity index is 912. The van der Waals surface area contributed by atoms with E-state index in [9.17, 15) is 9.59 Å². The van der Waals surface area contributed by atoms with Crippen LogP contribution in [0.4, 0.5) is 10.5 Å². The summed E-state index contributed by atoms with van der Waals surface area (Å²) in [6, 6.07) is 5.80. The van der Waals surface area contributed by atoms with Crippen molar-refractivity contribution >= 4 is 17.7 Å². The van der Waals surface area contributed by atoms with E-state index < -0.39 is 18.3 Å². The van der Waals surface area contributed by atoms with Crippen molar-refractivity contribution in [1.29, 1.82) is 0 Å². The second kappa shape index (κ2) is 17.6. The quantitative estimate of drug-likeness (QED) is 0.477. The van der Waals surface area contributed by atoms with Gasteiger partial charge in [0.25, 0.3) is 5.91 Å². The molecule has 208 valence electrons. The number of rotatable bonds is 4. The minimum absolute atomic E-state index is 0.103. The number of primary amides is 1. The molecule has 0 saturated heterocycles. The molecule has 1 heterocycles. The molecule has 0 aliphatic carbocycles. The average molecular weight is 519 g/mol. The lowest BCUT2D eigenvalue weighted by atomic mass is 9.98. The molecule has 0 fully saturated rings. The zero-order chi connectivity index (χ0) is 27.8. The highest BCUT2D eigenvalue weighted by Gasteiger charge is 2.26. The van der Waals surface area contributed by atoms with Gasteiger partial charge in [0.2, 0.25) is 0 Å². The molecule has 0 aromatic heterocycles. The van der Waals surface area contributed by atoms with Gasteiger partial charge in [0.05, 0.1) is 19.3 Å². The topological polar surface area (TPSA) is 109 Å². The third-order valence-electron chi connectivity index (χ3n) is 6.33. The highest BCUT2D eigenvalue weighted by atomic mass is 16.6. The fourth-order valence-electron chi connectivity index (χ4n) is 4.29. The Hall–Kier alpha value is -2.84. The highest BCUT2D eigenvalue weighted by Crippen LogP contribution is 2.25. The number of fused-ring (bicyclic) bond motifs is 2. The number of amides is 2. The van der Waals surface area contributed by atoms with Crippen molar-refractivity contribution in [3.63, 3.8) is 0 Å². The molecule has 3 unspecified atom stereocenters. The largest absolute Gasteiger partial charge is 0.497 e. The van der Waals surface area contributed by atoms with Crippen LogP contribution >= 0.6 is 0 Å². The lowest BCUT2D eigenvalue weighted by Crippen LogP contribution is -2.35. The number of carbonyl (C=O) groups is 2. The normalized spacial score (nSPS) is 24.7. The molecule has 3 atom stereocenters. The number of ether oxygens (including phenoxy) is 4. The first-order chi connectivity index (χ1) is 17.8. The van der Waals surface area contributed by atoms with Gasteiger partial charge in [0, 0.05) is 31.5 Å². The number of benzene rings is 1. The van der Waals surface area contributed by atoms with Crippen LogP contribution in [-0.2, 0) is 25.4 Å². The van der Waals surface area contributed by atoms with Crippen LogP contribution in [0.3, 0.4) is 0 Å². The number of hydrogen-bond acceptors (Lipinski definition) is 6. The number of aryl methyl sites for hydroxylation is 1. The number of nitrogens with two attached hydrogens (primary N) is 1. The summed E-state index contributed by atoms with van der Waals surface area (Å²) in [4.78, 5) is 24.4. The number of methoxy groups -OCH3 is 3. The number of hydrogen-bond donors (Lipinski definition) is 2. The molecule has 0 spiro atoms. The summed E-state index contributed by atoms with van der Waals surface area (Å²) in [5.41, 5.74) is 8.60. The van der Waals surface area contributed by atoms with Crippen LogP contribution in [0.1, 0.15) is 71.8 Å². The van der Waals surface area contributed by atoms with Crippen molar-refractivity contribution < 1.29 is 28.5 Å². The van der Waals surface area contributed by atoms with Gasteiger partial charge in [-0.15, -0.1) is 0 Å². The van der Waals surface area contributed by atoms with E-state index >= 15 is 0 Å². The molecule has 1 aliphatic heterocycles. The molecule has 2 amide bonds. The van der Waals surface area contributed by atoms with E-state index in [1.54, 1.807) is 28.3 Å². The Balaban J connectivity index is 0.00000334.